The summed E-state index contributed by atoms with van der Waals surface area (Å²) in [6.07, 6.45) is 1.26. The minimum atomic E-state index is -0.0721. The van der Waals surface area contributed by atoms with Gasteiger partial charge < -0.3 is 5.73 Å². The van der Waals surface area contributed by atoms with Crippen molar-refractivity contribution in [3.05, 3.63) is 15.9 Å². The smallest absolute Gasteiger partial charge is 0.143 e. The molecule has 108 valence electrons. The van der Waals surface area contributed by atoms with Crippen LogP contribution in [0.15, 0.2) is 4.47 Å². The number of hydrogen-bond donors (Lipinski definition) is 1. The van der Waals surface area contributed by atoms with Gasteiger partial charge in [0.25, 0.3) is 0 Å². The quantitative estimate of drug-likeness (QED) is 0.836. The van der Waals surface area contributed by atoms with E-state index in [1.54, 1.807) is 0 Å². The minimum absolute atomic E-state index is 0.0721. The van der Waals surface area contributed by atoms with E-state index in [4.69, 9.17) is 5.73 Å². The third kappa shape index (κ3) is 3.66. The van der Waals surface area contributed by atoms with Crippen molar-refractivity contribution in [3.63, 3.8) is 0 Å². The van der Waals surface area contributed by atoms with Crippen LogP contribution in [-0.4, -0.2) is 22.1 Å². The molecule has 0 amide bonds. The Morgan fingerprint density at radius 1 is 1.42 bits per heavy atom. The number of carbonyl (C=O) groups excluding carboxylic acids is 1. The summed E-state index contributed by atoms with van der Waals surface area (Å²) in [5.74, 6) is 0.410. The molecule has 1 atom stereocenters. The van der Waals surface area contributed by atoms with Crippen molar-refractivity contribution >= 4 is 21.7 Å². The fourth-order valence-corrected chi connectivity index (χ4v) is 2.96. The van der Waals surface area contributed by atoms with E-state index in [0.717, 1.165) is 28.8 Å². The van der Waals surface area contributed by atoms with E-state index in [9.17, 15) is 4.79 Å². The maximum Gasteiger partial charge on any atom is 0.143 e. The predicted molar refractivity (Wildman–Crippen MR) is 81.1 cm³/mol. The standard InChI is InChI=1S/C14H24BrN3O/c1-5-11-14(15)12(18(6-2)17-11)7-13(19)10(8-16)9(3)4/h9-10H,5-8,16H2,1-4H3. The van der Waals surface area contributed by atoms with E-state index < -0.39 is 0 Å². The molecule has 0 aliphatic carbocycles. The van der Waals surface area contributed by atoms with Crippen molar-refractivity contribution < 1.29 is 4.79 Å². The first-order chi connectivity index (χ1) is 8.96. The van der Waals surface area contributed by atoms with Gasteiger partial charge in [0.1, 0.15) is 5.78 Å². The normalized spacial score (nSPS) is 13.0. The number of carbonyl (C=O) groups is 1. The summed E-state index contributed by atoms with van der Waals surface area (Å²) in [6, 6.07) is 0. The number of aromatic nitrogens is 2. The monoisotopic (exact) mass is 329 g/mol. The van der Waals surface area contributed by atoms with E-state index in [0.29, 0.717) is 13.0 Å². The highest BCUT2D eigenvalue weighted by Crippen LogP contribution is 2.24. The van der Waals surface area contributed by atoms with Gasteiger partial charge in [-0.3, -0.25) is 9.48 Å². The zero-order valence-electron chi connectivity index (χ0n) is 12.2. The van der Waals surface area contributed by atoms with Gasteiger partial charge in [0.05, 0.1) is 15.9 Å². The lowest BCUT2D eigenvalue weighted by Gasteiger charge is -2.17. The molecule has 19 heavy (non-hydrogen) atoms. The number of aryl methyl sites for hydroxylation is 2. The molecular weight excluding hydrogens is 306 g/mol. The first-order valence-electron chi connectivity index (χ1n) is 6.92. The van der Waals surface area contributed by atoms with Crippen molar-refractivity contribution in [1.29, 1.82) is 0 Å². The molecule has 4 nitrogen and oxygen atoms in total. The summed E-state index contributed by atoms with van der Waals surface area (Å²) in [5, 5.41) is 4.52. The van der Waals surface area contributed by atoms with Crippen LogP contribution in [-0.2, 0) is 24.2 Å². The minimum Gasteiger partial charge on any atom is -0.330 e. The second kappa shape index (κ2) is 7.20. The van der Waals surface area contributed by atoms with Gasteiger partial charge in [0.15, 0.2) is 0 Å². The summed E-state index contributed by atoms with van der Waals surface area (Å²) in [5.41, 5.74) is 7.70. The average molecular weight is 330 g/mol. The zero-order chi connectivity index (χ0) is 14.6. The molecule has 0 aromatic carbocycles. The van der Waals surface area contributed by atoms with Gasteiger partial charge in [-0.25, -0.2) is 0 Å². The number of Topliss-reactive ketones (excluding diaryl/α,β-unsaturated/α-hetero) is 1. The van der Waals surface area contributed by atoms with Crippen molar-refractivity contribution in [3.8, 4) is 0 Å². The van der Waals surface area contributed by atoms with E-state index in [-0.39, 0.29) is 17.6 Å². The number of nitrogens with two attached hydrogens (primary N) is 1. The SMILES string of the molecule is CCc1nn(CC)c(CC(=O)C(CN)C(C)C)c1Br. The van der Waals surface area contributed by atoms with E-state index in [1.807, 2.05) is 25.5 Å². The van der Waals surface area contributed by atoms with Crippen LogP contribution in [0.5, 0.6) is 0 Å². The lowest BCUT2D eigenvalue weighted by Crippen LogP contribution is -2.30. The van der Waals surface area contributed by atoms with E-state index >= 15 is 0 Å². The van der Waals surface area contributed by atoms with Crippen molar-refractivity contribution in [2.75, 3.05) is 6.54 Å². The van der Waals surface area contributed by atoms with Gasteiger partial charge in [-0.15, -0.1) is 0 Å². The average Bonchev–Trinajstić information content (AvgIpc) is 2.66. The molecule has 0 bridgehead atoms. The Morgan fingerprint density at radius 3 is 2.47 bits per heavy atom. The van der Waals surface area contributed by atoms with Crippen molar-refractivity contribution in [2.45, 2.75) is 47.1 Å². The Kier molecular flexibility index (Phi) is 6.20. The van der Waals surface area contributed by atoms with Gasteiger partial charge in [-0.05, 0) is 35.2 Å². The molecule has 5 heteroatoms. The van der Waals surface area contributed by atoms with Crippen LogP contribution in [0.4, 0.5) is 0 Å². The molecule has 1 unspecified atom stereocenters. The molecule has 1 aromatic heterocycles. The largest absolute Gasteiger partial charge is 0.330 e. The molecular formula is C14H24BrN3O. The van der Waals surface area contributed by atoms with E-state index in [2.05, 4.69) is 28.0 Å². The van der Waals surface area contributed by atoms with Crippen molar-refractivity contribution in [2.24, 2.45) is 17.6 Å². The van der Waals surface area contributed by atoms with Crippen LogP contribution in [0.2, 0.25) is 0 Å². The van der Waals surface area contributed by atoms with Crippen LogP contribution < -0.4 is 5.73 Å². The first kappa shape index (κ1) is 16.4. The third-order valence-electron chi connectivity index (χ3n) is 3.51. The van der Waals surface area contributed by atoms with Crippen LogP contribution in [0.25, 0.3) is 0 Å². The summed E-state index contributed by atoms with van der Waals surface area (Å²) in [4.78, 5) is 12.4. The lowest BCUT2D eigenvalue weighted by molar-refractivity contribution is -0.123. The first-order valence-corrected chi connectivity index (χ1v) is 7.72. The molecule has 1 heterocycles. The highest BCUT2D eigenvalue weighted by Gasteiger charge is 2.24. The molecule has 1 rings (SSSR count). The fourth-order valence-electron chi connectivity index (χ4n) is 2.26. The summed E-state index contributed by atoms with van der Waals surface area (Å²) >= 11 is 3.57. The Labute approximate surface area is 123 Å². The lowest BCUT2D eigenvalue weighted by atomic mass is 9.89. The van der Waals surface area contributed by atoms with Crippen LogP contribution in [0.3, 0.4) is 0 Å². The summed E-state index contributed by atoms with van der Waals surface area (Å²) in [6.45, 7) is 9.37. The maximum atomic E-state index is 12.4. The van der Waals surface area contributed by atoms with Gasteiger partial charge in [-0.2, -0.15) is 5.10 Å². The highest BCUT2D eigenvalue weighted by atomic mass is 79.9. The Bertz CT molecular complexity index is 440. The molecule has 0 fully saturated rings. The van der Waals surface area contributed by atoms with Gasteiger partial charge in [0.2, 0.25) is 0 Å². The number of nitrogens with zero attached hydrogens (tertiary/aromatic N) is 2. The Balaban J connectivity index is 2.98. The second-order valence-electron chi connectivity index (χ2n) is 5.11. The second-order valence-corrected chi connectivity index (χ2v) is 5.90. The molecule has 1 aromatic rings. The Morgan fingerprint density at radius 2 is 2.05 bits per heavy atom. The van der Waals surface area contributed by atoms with Gasteiger partial charge in [-0.1, -0.05) is 20.8 Å². The van der Waals surface area contributed by atoms with Crippen LogP contribution in [0.1, 0.15) is 39.1 Å². The summed E-state index contributed by atoms with van der Waals surface area (Å²) < 4.78 is 2.89. The number of rotatable bonds is 7. The van der Waals surface area contributed by atoms with Crippen LogP contribution in [0, 0.1) is 11.8 Å². The van der Waals surface area contributed by atoms with Gasteiger partial charge >= 0.3 is 0 Å². The zero-order valence-corrected chi connectivity index (χ0v) is 13.8. The molecule has 0 spiro atoms. The molecule has 2 N–H and O–H groups in total. The van der Waals surface area contributed by atoms with E-state index in [1.165, 1.54) is 0 Å². The third-order valence-corrected chi connectivity index (χ3v) is 4.42. The molecule has 0 saturated carbocycles. The van der Waals surface area contributed by atoms with Gasteiger partial charge in [0, 0.05) is 25.4 Å². The summed E-state index contributed by atoms with van der Waals surface area (Å²) in [7, 11) is 0. The highest BCUT2D eigenvalue weighted by molar-refractivity contribution is 9.10. The van der Waals surface area contributed by atoms with Crippen LogP contribution >= 0.6 is 15.9 Å². The maximum absolute atomic E-state index is 12.4. The molecule has 0 saturated heterocycles. The number of ketones is 1. The van der Waals surface area contributed by atoms with Crippen molar-refractivity contribution in [1.82, 2.24) is 9.78 Å². The molecule has 0 aliphatic heterocycles. The number of halogens is 1. The molecule has 0 aliphatic rings. The Hall–Kier alpha value is -0.680. The molecule has 0 radical (unpaired) electrons. The topological polar surface area (TPSA) is 60.9 Å². The number of hydrogen-bond acceptors (Lipinski definition) is 3. The fraction of sp³-hybridized carbons (Fsp3) is 0.714. The predicted octanol–water partition coefficient (Wildman–Crippen LogP) is 2.57.